The molecule has 7 nitrogen and oxygen atoms in total. The first-order valence-corrected chi connectivity index (χ1v) is 10.8. The molecule has 10 heteroatoms. The molecule has 0 saturated carbocycles. The van der Waals surface area contributed by atoms with Crippen LogP contribution in [0.25, 0.3) is 5.57 Å². The van der Waals surface area contributed by atoms with E-state index in [9.17, 15) is 13.2 Å². The number of ether oxygens (including phenoxy) is 2. The molecule has 4 rings (SSSR count). The highest BCUT2D eigenvalue weighted by Gasteiger charge is 2.36. The normalized spacial score (nSPS) is 23.1. The van der Waals surface area contributed by atoms with Gasteiger partial charge in [0.2, 0.25) is 0 Å². The Bertz CT molecular complexity index is 917. The van der Waals surface area contributed by atoms with E-state index in [4.69, 9.17) is 20.2 Å². The van der Waals surface area contributed by atoms with E-state index in [2.05, 4.69) is 14.8 Å². The Morgan fingerprint density at radius 2 is 1.66 bits per heavy atom. The smallest absolute Gasteiger partial charge is 0.384 e. The number of amidine groups is 1. The summed E-state index contributed by atoms with van der Waals surface area (Å²) in [7, 11) is 0. The van der Waals surface area contributed by atoms with Gasteiger partial charge in [0.05, 0.1) is 32.0 Å². The maximum atomic E-state index is 13.9. The van der Waals surface area contributed by atoms with Gasteiger partial charge in [-0.1, -0.05) is 6.92 Å². The zero-order valence-electron chi connectivity index (χ0n) is 18.1. The zero-order chi connectivity index (χ0) is 22.7. The number of nitrogens with zero attached hydrogens (tertiary/aromatic N) is 4. The molecule has 174 valence electrons. The highest BCUT2D eigenvalue weighted by Crippen LogP contribution is 2.39. The van der Waals surface area contributed by atoms with Gasteiger partial charge in [0, 0.05) is 37.9 Å². The van der Waals surface area contributed by atoms with Crippen LogP contribution in [0.4, 0.5) is 19.0 Å². The van der Waals surface area contributed by atoms with Gasteiger partial charge in [0.15, 0.2) is 0 Å². The van der Waals surface area contributed by atoms with Gasteiger partial charge < -0.3 is 25.0 Å². The van der Waals surface area contributed by atoms with Crippen LogP contribution in [0, 0.1) is 5.92 Å². The summed E-state index contributed by atoms with van der Waals surface area (Å²) in [5.41, 5.74) is 5.41. The lowest BCUT2D eigenvalue weighted by atomic mass is 9.88. The lowest BCUT2D eigenvalue weighted by Crippen LogP contribution is -2.41. The van der Waals surface area contributed by atoms with Crippen LogP contribution < -0.4 is 5.73 Å². The average molecular weight is 451 g/mol. The molecular weight excluding hydrogens is 423 g/mol. The van der Waals surface area contributed by atoms with E-state index < -0.39 is 11.7 Å². The van der Waals surface area contributed by atoms with Gasteiger partial charge in [0.25, 0.3) is 0 Å². The van der Waals surface area contributed by atoms with E-state index >= 15 is 0 Å². The Morgan fingerprint density at radius 1 is 1.03 bits per heavy atom. The third-order valence-corrected chi connectivity index (χ3v) is 5.91. The molecule has 4 heterocycles. The average Bonchev–Trinajstić information content (AvgIpc) is 2.78. The maximum Gasteiger partial charge on any atom is 0.417 e. The first-order valence-electron chi connectivity index (χ1n) is 10.8. The van der Waals surface area contributed by atoms with Crippen LogP contribution in [0.2, 0.25) is 0 Å². The fourth-order valence-electron chi connectivity index (χ4n) is 4.11. The summed E-state index contributed by atoms with van der Waals surface area (Å²) < 4.78 is 52.5. The summed E-state index contributed by atoms with van der Waals surface area (Å²) >= 11 is 0. The number of hydrogen-bond donors (Lipinski definition) is 1. The largest absolute Gasteiger partial charge is 0.417 e. The fourth-order valence-corrected chi connectivity index (χ4v) is 4.11. The van der Waals surface area contributed by atoms with Gasteiger partial charge in [-0.15, -0.1) is 0 Å². The molecule has 0 spiro atoms. The minimum atomic E-state index is -4.54. The Hall–Kier alpha value is -2.59. The van der Waals surface area contributed by atoms with Crippen molar-refractivity contribution < 1.29 is 22.6 Å². The molecule has 2 fully saturated rings. The number of hydrogen-bond acceptors (Lipinski definition) is 7. The summed E-state index contributed by atoms with van der Waals surface area (Å²) in [6.45, 7) is 6.99. The van der Waals surface area contributed by atoms with E-state index in [0.717, 1.165) is 25.0 Å². The van der Waals surface area contributed by atoms with Crippen LogP contribution >= 0.6 is 0 Å². The van der Waals surface area contributed by atoms with Crippen LogP contribution in [-0.4, -0.2) is 73.2 Å². The molecule has 1 atom stereocenters. The van der Waals surface area contributed by atoms with Gasteiger partial charge in [0.1, 0.15) is 17.5 Å². The van der Waals surface area contributed by atoms with Crippen molar-refractivity contribution in [1.82, 2.24) is 14.8 Å². The number of anilines is 1. The number of halogens is 3. The zero-order valence-corrected chi connectivity index (χ0v) is 18.1. The number of pyridine rings is 1. The minimum Gasteiger partial charge on any atom is -0.384 e. The SMILES string of the molecule is CC1CC=C(N2CCOCC2)N=C(N2CCOCC2)C=C1c1cnc(N)cc1C(F)(F)F. The summed E-state index contributed by atoms with van der Waals surface area (Å²) in [5.74, 6) is 1.14. The molecule has 32 heavy (non-hydrogen) atoms. The van der Waals surface area contributed by atoms with Crippen molar-refractivity contribution in [2.75, 3.05) is 58.3 Å². The standard InChI is InChI=1S/C22H28F3N5O2/c1-15-2-3-20(29-4-8-31-9-5-29)28-21(30-6-10-32-11-7-30)12-16(15)17-14-27-19(26)13-18(17)22(23,24)25/h3,12-15H,2,4-11H2,1H3,(H2,26,27). The Labute approximate surface area is 185 Å². The molecule has 0 bridgehead atoms. The summed E-state index contributed by atoms with van der Waals surface area (Å²) in [6.07, 6.45) is 1.04. The van der Waals surface area contributed by atoms with Crippen molar-refractivity contribution in [3.8, 4) is 0 Å². The molecule has 3 aliphatic heterocycles. The first-order chi connectivity index (χ1) is 15.3. The number of aliphatic imine (C=N–C) groups is 1. The second kappa shape index (κ2) is 9.50. The summed E-state index contributed by atoms with van der Waals surface area (Å²) in [4.78, 5) is 13.1. The number of alkyl halides is 3. The first kappa shape index (κ1) is 22.6. The topological polar surface area (TPSA) is 76.2 Å². The van der Waals surface area contributed by atoms with Crippen molar-refractivity contribution in [3.05, 3.63) is 41.4 Å². The third kappa shape index (κ3) is 5.07. The van der Waals surface area contributed by atoms with Crippen molar-refractivity contribution >= 4 is 17.2 Å². The molecule has 1 unspecified atom stereocenters. The lowest BCUT2D eigenvalue weighted by Gasteiger charge is -2.34. The number of nitrogen functional groups attached to an aromatic ring is 1. The summed E-state index contributed by atoms with van der Waals surface area (Å²) in [5, 5.41) is 0. The maximum absolute atomic E-state index is 13.9. The molecule has 2 saturated heterocycles. The van der Waals surface area contributed by atoms with Crippen molar-refractivity contribution in [3.63, 3.8) is 0 Å². The predicted octanol–water partition coefficient (Wildman–Crippen LogP) is 3.01. The molecule has 3 aliphatic rings. The fraction of sp³-hybridized carbons (Fsp3) is 0.545. The number of allylic oxidation sites excluding steroid dienone is 2. The highest BCUT2D eigenvalue weighted by molar-refractivity contribution is 6.00. The second-order valence-electron chi connectivity index (χ2n) is 8.12. The third-order valence-electron chi connectivity index (χ3n) is 5.91. The van der Waals surface area contributed by atoms with Crippen LogP contribution in [0.15, 0.2) is 35.2 Å². The van der Waals surface area contributed by atoms with Crippen LogP contribution in [0.3, 0.4) is 0 Å². The van der Waals surface area contributed by atoms with E-state index in [-0.39, 0.29) is 17.3 Å². The molecular formula is C22H28F3N5O2. The second-order valence-corrected chi connectivity index (χ2v) is 8.12. The van der Waals surface area contributed by atoms with Crippen LogP contribution in [0.1, 0.15) is 24.5 Å². The quantitative estimate of drug-likeness (QED) is 0.745. The van der Waals surface area contributed by atoms with Crippen molar-refractivity contribution in [2.45, 2.75) is 19.5 Å². The van der Waals surface area contributed by atoms with Crippen molar-refractivity contribution in [2.24, 2.45) is 10.9 Å². The van der Waals surface area contributed by atoms with Gasteiger partial charge in [-0.2, -0.15) is 13.2 Å². The molecule has 1 aromatic heterocycles. The minimum absolute atomic E-state index is 0.0448. The van der Waals surface area contributed by atoms with Crippen LogP contribution in [-0.2, 0) is 15.7 Å². The molecule has 1 aromatic rings. The number of nitrogens with two attached hydrogens (primary N) is 1. The number of aromatic nitrogens is 1. The monoisotopic (exact) mass is 451 g/mol. The van der Waals surface area contributed by atoms with E-state index in [1.807, 2.05) is 13.0 Å². The molecule has 0 aliphatic carbocycles. The number of rotatable bonds is 2. The van der Waals surface area contributed by atoms with Crippen LogP contribution in [0.5, 0.6) is 0 Å². The lowest BCUT2D eigenvalue weighted by molar-refractivity contribution is -0.137. The van der Waals surface area contributed by atoms with Crippen molar-refractivity contribution in [1.29, 1.82) is 0 Å². The van der Waals surface area contributed by atoms with Gasteiger partial charge >= 0.3 is 6.18 Å². The molecule has 0 aromatic carbocycles. The predicted molar refractivity (Wildman–Crippen MR) is 116 cm³/mol. The van der Waals surface area contributed by atoms with Gasteiger partial charge in [-0.3, -0.25) is 0 Å². The molecule has 2 N–H and O–H groups in total. The molecule has 0 radical (unpaired) electrons. The number of morpholine rings is 2. The Morgan fingerprint density at radius 3 is 2.28 bits per heavy atom. The highest BCUT2D eigenvalue weighted by atomic mass is 19.4. The van der Waals surface area contributed by atoms with Gasteiger partial charge in [-0.25, -0.2) is 9.98 Å². The van der Waals surface area contributed by atoms with E-state index in [0.29, 0.717) is 57.3 Å². The molecule has 0 amide bonds. The Balaban J connectivity index is 1.80. The Kier molecular flexibility index (Phi) is 6.71. The summed E-state index contributed by atoms with van der Waals surface area (Å²) in [6, 6.07) is 0.905. The van der Waals surface area contributed by atoms with Gasteiger partial charge in [-0.05, 0) is 36.1 Å². The van der Waals surface area contributed by atoms with E-state index in [1.54, 1.807) is 6.08 Å². The van der Waals surface area contributed by atoms with E-state index in [1.165, 1.54) is 6.20 Å².